The molecule has 0 saturated carbocycles. The Hall–Kier alpha value is -1.78. The molecule has 2 rings (SSSR count). The van der Waals surface area contributed by atoms with E-state index in [9.17, 15) is 9.18 Å². The first-order valence-corrected chi connectivity index (χ1v) is 3.27. The molecule has 0 bridgehead atoms. The summed E-state index contributed by atoms with van der Waals surface area (Å²) in [5.41, 5.74) is 0.457. The number of aromatic nitrogens is 3. The van der Waals surface area contributed by atoms with E-state index in [1.807, 2.05) is 0 Å². The Balaban J connectivity index is 2.75. The van der Waals surface area contributed by atoms with Crippen LogP contribution in [0.2, 0.25) is 0 Å². The van der Waals surface area contributed by atoms with E-state index in [0.29, 0.717) is 11.9 Å². The number of fused-ring (bicyclic) bond motifs is 1. The van der Waals surface area contributed by atoms with Crippen LogP contribution in [0, 0.1) is 5.82 Å². The van der Waals surface area contributed by atoms with Gasteiger partial charge in [-0.2, -0.15) is 0 Å². The Kier molecular flexibility index (Phi) is 1.36. The number of hydrogen-bond acceptors (Lipinski definition) is 3. The Morgan fingerprint density at radius 1 is 1.50 bits per heavy atom. The zero-order valence-corrected chi connectivity index (χ0v) is 5.94. The molecule has 0 saturated heterocycles. The van der Waals surface area contributed by atoms with Crippen molar-refractivity contribution in [3.05, 3.63) is 30.0 Å². The van der Waals surface area contributed by atoms with E-state index in [2.05, 4.69) is 10.1 Å². The molecule has 0 fully saturated rings. The fourth-order valence-corrected chi connectivity index (χ4v) is 0.925. The highest BCUT2D eigenvalue weighted by molar-refractivity contribution is 5.69. The summed E-state index contributed by atoms with van der Waals surface area (Å²) >= 11 is 0. The summed E-state index contributed by atoms with van der Waals surface area (Å²) in [7, 11) is 0. The fourth-order valence-electron chi connectivity index (χ4n) is 0.925. The molecular formula is C7H4FN3O. The van der Waals surface area contributed by atoms with Crippen LogP contribution in [0.4, 0.5) is 4.39 Å². The Bertz CT molecular complexity index is 437. The van der Waals surface area contributed by atoms with E-state index >= 15 is 0 Å². The van der Waals surface area contributed by atoms with Crippen LogP contribution < -0.4 is 0 Å². The van der Waals surface area contributed by atoms with Crippen molar-refractivity contribution in [2.24, 2.45) is 0 Å². The molecule has 12 heavy (non-hydrogen) atoms. The number of halogens is 1. The van der Waals surface area contributed by atoms with Crippen LogP contribution in [0.1, 0.15) is 10.6 Å². The third kappa shape index (κ3) is 0.952. The number of carbonyl (C=O) groups excluding carboxylic acids is 1. The summed E-state index contributed by atoms with van der Waals surface area (Å²) in [4.78, 5) is 14.0. The zero-order chi connectivity index (χ0) is 8.55. The fraction of sp³-hybridized carbons (Fsp3) is 0. The van der Waals surface area contributed by atoms with Gasteiger partial charge in [-0.05, 0) is 12.1 Å². The number of hydrogen-bond donors (Lipinski definition) is 0. The van der Waals surface area contributed by atoms with Gasteiger partial charge in [0.1, 0.15) is 5.82 Å². The van der Waals surface area contributed by atoms with Gasteiger partial charge in [-0.1, -0.05) is 0 Å². The molecule has 2 aromatic rings. The normalized spacial score (nSPS) is 10.4. The molecule has 0 aliphatic rings. The summed E-state index contributed by atoms with van der Waals surface area (Å²) in [5.74, 6) is -0.356. The maximum atomic E-state index is 12.6. The summed E-state index contributed by atoms with van der Waals surface area (Å²) in [6, 6.07) is 2.72. The number of pyridine rings is 1. The van der Waals surface area contributed by atoms with Gasteiger partial charge in [0.05, 0.1) is 6.20 Å². The third-order valence-corrected chi connectivity index (χ3v) is 1.42. The van der Waals surface area contributed by atoms with E-state index in [-0.39, 0.29) is 5.82 Å². The van der Waals surface area contributed by atoms with Crippen molar-refractivity contribution in [2.45, 2.75) is 0 Å². The van der Waals surface area contributed by atoms with Gasteiger partial charge in [0, 0.05) is 0 Å². The van der Waals surface area contributed by atoms with Crippen LogP contribution in [0.15, 0.2) is 18.3 Å². The molecule has 0 unspecified atom stereocenters. The molecule has 5 heteroatoms. The van der Waals surface area contributed by atoms with Crippen LogP contribution in [0.25, 0.3) is 5.65 Å². The zero-order valence-electron chi connectivity index (χ0n) is 5.94. The van der Waals surface area contributed by atoms with Gasteiger partial charge < -0.3 is 0 Å². The number of aldehydes is 1. The smallest absolute Gasteiger partial charge is 0.214 e. The van der Waals surface area contributed by atoms with Crippen molar-refractivity contribution in [2.75, 3.05) is 0 Å². The van der Waals surface area contributed by atoms with Gasteiger partial charge in [-0.3, -0.25) is 4.79 Å². The van der Waals surface area contributed by atoms with Gasteiger partial charge in [-0.25, -0.2) is 13.9 Å². The molecule has 0 spiro atoms. The van der Waals surface area contributed by atoms with E-state index in [1.54, 1.807) is 0 Å². The van der Waals surface area contributed by atoms with Crippen molar-refractivity contribution in [1.29, 1.82) is 0 Å². The van der Waals surface area contributed by atoms with Gasteiger partial charge in [-0.15, -0.1) is 5.10 Å². The average molecular weight is 165 g/mol. The maximum absolute atomic E-state index is 12.6. The molecule has 2 heterocycles. The van der Waals surface area contributed by atoms with Gasteiger partial charge >= 0.3 is 0 Å². The lowest BCUT2D eigenvalue weighted by atomic mass is 10.5. The van der Waals surface area contributed by atoms with Crippen LogP contribution in [-0.4, -0.2) is 20.9 Å². The second-order valence-electron chi connectivity index (χ2n) is 2.24. The van der Waals surface area contributed by atoms with Gasteiger partial charge in [0.25, 0.3) is 0 Å². The predicted octanol–water partition coefficient (Wildman–Crippen LogP) is 0.681. The average Bonchev–Trinajstić information content (AvgIpc) is 2.46. The SMILES string of the molecule is O=Cc1nc2ccc(F)cn2n1. The summed E-state index contributed by atoms with van der Waals surface area (Å²) in [5, 5.41) is 3.69. The Morgan fingerprint density at radius 2 is 2.33 bits per heavy atom. The van der Waals surface area contributed by atoms with Crippen molar-refractivity contribution in [3.63, 3.8) is 0 Å². The van der Waals surface area contributed by atoms with Gasteiger partial charge in [0.15, 0.2) is 11.9 Å². The topological polar surface area (TPSA) is 47.3 Å². The van der Waals surface area contributed by atoms with Gasteiger partial charge in [0.2, 0.25) is 5.82 Å². The van der Waals surface area contributed by atoms with E-state index in [1.165, 1.54) is 16.6 Å². The summed E-state index contributed by atoms with van der Waals surface area (Å²) < 4.78 is 13.8. The molecule has 0 radical (unpaired) electrons. The molecule has 2 aromatic heterocycles. The number of rotatable bonds is 1. The van der Waals surface area contributed by atoms with E-state index in [4.69, 9.17) is 0 Å². The lowest BCUT2D eigenvalue weighted by Crippen LogP contribution is -1.88. The van der Waals surface area contributed by atoms with Crippen LogP contribution in [-0.2, 0) is 0 Å². The summed E-state index contributed by atoms with van der Waals surface area (Å²) in [6.07, 6.45) is 1.68. The minimum Gasteiger partial charge on any atom is -0.294 e. The van der Waals surface area contributed by atoms with E-state index in [0.717, 1.165) is 6.20 Å². The first kappa shape index (κ1) is 6.90. The molecule has 60 valence electrons. The lowest BCUT2D eigenvalue weighted by Gasteiger charge is -1.88. The minimum absolute atomic E-state index is 0.0561. The van der Waals surface area contributed by atoms with Crippen LogP contribution in [0.5, 0.6) is 0 Å². The molecule has 0 atom stereocenters. The van der Waals surface area contributed by atoms with Crippen molar-refractivity contribution < 1.29 is 9.18 Å². The second kappa shape index (κ2) is 2.37. The molecule has 0 aromatic carbocycles. The van der Waals surface area contributed by atoms with Crippen molar-refractivity contribution in [1.82, 2.24) is 14.6 Å². The highest BCUT2D eigenvalue weighted by Crippen LogP contribution is 2.01. The van der Waals surface area contributed by atoms with E-state index < -0.39 is 5.82 Å². The molecule has 0 aliphatic carbocycles. The quantitative estimate of drug-likeness (QED) is 0.584. The second-order valence-corrected chi connectivity index (χ2v) is 2.24. The minimum atomic E-state index is -0.412. The third-order valence-electron chi connectivity index (χ3n) is 1.42. The van der Waals surface area contributed by atoms with Crippen molar-refractivity contribution >= 4 is 11.9 Å². The molecule has 0 amide bonds. The Labute approximate surface area is 66.6 Å². The maximum Gasteiger partial charge on any atom is 0.214 e. The molecule has 0 aliphatic heterocycles. The monoisotopic (exact) mass is 165 g/mol. The number of nitrogens with zero attached hydrogens (tertiary/aromatic N) is 3. The van der Waals surface area contributed by atoms with Crippen LogP contribution >= 0.6 is 0 Å². The first-order chi connectivity index (χ1) is 5.79. The first-order valence-electron chi connectivity index (χ1n) is 3.27. The summed E-state index contributed by atoms with van der Waals surface area (Å²) in [6.45, 7) is 0. The molecule has 0 N–H and O–H groups in total. The molecule has 4 nitrogen and oxygen atoms in total. The molecular weight excluding hydrogens is 161 g/mol. The largest absolute Gasteiger partial charge is 0.294 e. The standard InChI is InChI=1S/C7H4FN3O/c8-5-1-2-7-9-6(4-12)10-11(7)3-5/h1-4H. The van der Waals surface area contributed by atoms with Crippen molar-refractivity contribution in [3.8, 4) is 0 Å². The lowest BCUT2D eigenvalue weighted by molar-refractivity contribution is 0.111. The highest BCUT2D eigenvalue weighted by atomic mass is 19.1. The predicted molar refractivity (Wildman–Crippen MR) is 38.3 cm³/mol. The van der Waals surface area contributed by atoms with Crippen LogP contribution in [0.3, 0.4) is 0 Å². The Morgan fingerprint density at radius 3 is 3.08 bits per heavy atom. The number of carbonyl (C=O) groups is 1. The highest BCUT2D eigenvalue weighted by Gasteiger charge is 2.01.